The standard InChI is InChI=1S/C15H18/c1-2-10(1)9-14(10)13(7-8-13)15(14)11(3-4-11)12(15)5-6-12/h1-9H2. The maximum Gasteiger partial charge on any atom is -0.00438 e. The highest BCUT2D eigenvalue weighted by Crippen LogP contribution is 3.26. The van der Waals surface area contributed by atoms with Gasteiger partial charge in [-0.05, 0) is 90.3 Å². The third-order valence-corrected chi connectivity index (χ3v) is 8.89. The molecule has 0 nitrogen and oxygen atoms in total. The summed E-state index contributed by atoms with van der Waals surface area (Å²) in [7, 11) is 0. The van der Waals surface area contributed by atoms with Crippen LogP contribution in [0.5, 0.6) is 0 Å². The summed E-state index contributed by atoms with van der Waals surface area (Å²) >= 11 is 0. The average molecular weight is 198 g/mol. The van der Waals surface area contributed by atoms with Crippen molar-refractivity contribution in [1.82, 2.24) is 0 Å². The monoisotopic (exact) mass is 198 g/mol. The molecule has 7 fully saturated rings. The van der Waals surface area contributed by atoms with Gasteiger partial charge < -0.3 is 0 Å². The molecule has 7 aliphatic carbocycles. The van der Waals surface area contributed by atoms with Gasteiger partial charge >= 0.3 is 0 Å². The Hall–Kier alpha value is 0. The fourth-order valence-corrected chi connectivity index (χ4v) is 8.65. The second-order valence-corrected chi connectivity index (χ2v) is 8.36. The van der Waals surface area contributed by atoms with Crippen LogP contribution in [0.3, 0.4) is 0 Å². The van der Waals surface area contributed by atoms with Crippen LogP contribution in [-0.4, -0.2) is 0 Å². The maximum atomic E-state index is 1.71. The second-order valence-electron chi connectivity index (χ2n) is 8.36. The van der Waals surface area contributed by atoms with E-state index < -0.39 is 0 Å². The third kappa shape index (κ3) is 0.293. The van der Waals surface area contributed by atoms with E-state index in [0.717, 1.165) is 32.5 Å². The summed E-state index contributed by atoms with van der Waals surface area (Å²) in [4.78, 5) is 0. The van der Waals surface area contributed by atoms with Gasteiger partial charge in [0.1, 0.15) is 0 Å². The van der Waals surface area contributed by atoms with E-state index in [1.54, 1.807) is 57.8 Å². The van der Waals surface area contributed by atoms with Crippen LogP contribution in [0.15, 0.2) is 0 Å². The zero-order valence-corrected chi connectivity index (χ0v) is 9.36. The smallest absolute Gasteiger partial charge is 0.00438 e. The first-order valence-corrected chi connectivity index (χ1v) is 7.29. The molecule has 6 spiro atoms. The highest BCUT2D eigenvalue weighted by atomic mass is 15.2. The summed E-state index contributed by atoms with van der Waals surface area (Å²) in [6.07, 6.45) is 15.0. The van der Waals surface area contributed by atoms with E-state index in [9.17, 15) is 0 Å². The molecule has 1 unspecified atom stereocenters. The van der Waals surface area contributed by atoms with Crippen molar-refractivity contribution in [1.29, 1.82) is 0 Å². The van der Waals surface area contributed by atoms with Gasteiger partial charge in [0.25, 0.3) is 0 Å². The molecule has 7 rings (SSSR count). The molecule has 0 aromatic carbocycles. The lowest BCUT2D eigenvalue weighted by atomic mass is 10.1. The average Bonchev–Trinajstić information content (AvgIpc) is 3.02. The molecule has 7 aliphatic rings. The van der Waals surface area contributed by atoms with E-state index >= 15 is 0 Å². The van der Waals surface area contributed by atoms with Crippen LogP contribution in [0.2, 0.25) is 0 Å². The van der Waals surface area contributed by atoms with Crippen LogP contribution >= 0.6 is 0 Å². The van der Waals surface area contributed by atoms with Crippen LogP contribution in [0, 0.1) is 32.5 Å². The molecular formula is C15H18. The molecule has 0 heterocycles. The minimum absolute atomic E-state index is 0.991. The number of rotatable bonds is 0. The number of fused-ring (bicyclic) bond motifs is 7. The Morgan fingerprint density at radius 2 is 1.07 bits per heavy atom. The van der Waals surface area contributed by atoms with E-state index in [1.807, 2.05) is 0 Å². The number of hydrogen-bond donors (Lipinski definition) is 0. The molecule has 0 saturated heterocycles. The minimum atomic E-state index is 0.991. The fraction of sp³-hybridized carbons (Fsp3) is 1.00. The highest BCUT2D eigenvalue weighted by Gasteiger charge is 3.21. The molecule has 15 heavy (non-hydrogen) atoms. The Bertz CT molecular complexity index is 450. The largest absolute Gasteiger partial charge is 0.0464 e. The Morgan fingerprint density at radius 1 is 0.533 bits per heavy atom. The third-order valence-electron chi connectivity index (χ3n) is 8.89. The van der Waals surface area contributed by atoms with Gasteiger partial charge in [-0.25, -0.2) is 0 Å². The topological polar surface area (TPSA) is 0 Å². The zero-order chi connectivity index (χ0) is 9.36. The zero-order valence-electron chi connectivity index (χ0n) is 9.36. The van der Waals surface area contributed by atoms with Crippen LogP contribution in [0.1, 0.15) is 57.8 Å². The van der Waals surface area contributed by atoms with Crippen molar-refractivity contribution < 1.29 is 0 Å². The Balaban J connectivity index is 1.57. The summed E-state index contributed by atoms with van der Waals surface area (Å²) < 4.78 is 0. The molecule has 78 valence electrons. The molecule has 7 saturated carbocycles. The van der Waals surface area contributed by atoms with Gasteiger partial charge in [-0.15, -0.1) is 0 Å². The predicted molar refractivity (Wildman–Crippen MR) is 56.2 cm³/mol. The summed E-state index contributed by atoms with van der Waals surface area (Å²) in [5.74, 6) is 0. The first-order valence-electron chi connectivity index (χ1n) is 7.29. The van der Waals surface area contributed by atoms with Crippen LogP contribution in [0.4, 0.5) is 0 Å². The highest BCUT2D eigenvalue weighted by molar-refractivity contribution is 5.67. The van der Waals surface area contributed by atoms with Crippen molar-refractivity contribution >= 4 is 0 Å². The van der Waals surface area contributed by atoms with E-state index in [1.165, 1.54) is 0 Å². The normalized spacial score (nSPS) is 59.2. The fourth-order valence-electron chi connectivity index (χ4n) is 8.65. The van der Waals surface area contributed by atoms with Gasteiger partial charge in [0.15, 0.2) is 0 Å². The summed E-state index contributed by atoms with van der Waals surface area (Å²) in [6, 6.07) is 0. The Morgan fingerprint density at radius 3 is 1.40 bits per heavy atom. The van der Waals surface area contributed by atoms with Crippen LogP contribution in [0.25, 0.3) is 0 Å². The molecule has 0 bridgehead atoms. The van der Waals surface area contributed by atoms with Crippen molar-refractivity contribution in [3.63, 3.8) is 0 Å². The molecule has 0 heteroatoms. The first-order chi connectivity index (χ1) is 7.29. The van der Waals surface area contributed by atoms with Crippen LogP contribution in [-0.2, 0) is 0 Å². The summed E-state index contributed by atoms with van der Waals surface area (Å²) in [5.41, 5.74) is 6.04. The lowest BCUT2D eigenvalue weighted by Crippen LogP contribution is -1.88. The molecule has 0 amide bonds. The van der Waals surface area contributed by atoms with Gasteiger partial charge in [0.05, 0.1) is 0 Å². The van der Waals surface area contributed by atoms with Crippen molar-refractivity contribution in [3.8, 4) is 0 Å². The molecule has 0 aliphatic heterocycles. The van der Waals surface area contributed by atoms with Crippen molar-refractivity contribution in [2.45, 2.75) is 57.8 Å². The van der Waals surface area contributed by atoms with E-state index in [-0.39, 0.29) is 0 Å². The molecule has 0 radical (unpaired) electrons. The lowest BCUT2D eigenvalue weighted by Gasteiger charge is -1.90. The predicted octanol–water partition coefficient (Wildman–Crippen LogP) is 3.51. The summed E-state index contributed by atoms with van der Waals surface area (Å²) in [6.45, 7) is 0. The lowest BCUT2D eigenvalue weighted by molar-refractivity contribution is 0.551. The van der Waals surface area contributed by atoms with E-state index in [4.69, 9.17) is 0 Å². The molecule has 1 atom stereocenters. The van der Waals surface area contributed by atoms with Crippen molar-refractivity contribution in [3.05, 3.63) is 0 Å². The quantitative estimate of drug-likeness (QED) is 0.559. The molecule has 0 aromatic rings. The summed E-state index contributed by atoms with van der Waals surface area (Å²) in [5, 5.41) is 0. The van der Waals surface area contributed by atoms with Gasteiger partial charge in [0.2, 0.25) is 0 Å². The minimum Gasteiger partial charge on any atom is -0.0464 e. The van der Waals surface area contributed by atoms with Gasteiger partial charge in [-0.2, -0.15) is 0 Å². The van der Waals surface area contributed by atoms with Gasteiger partial charge in [0, 0.05) is 0 Å². The maximum absolute atomic E-state index is 1.71. The SMILES string of the molecule is C1CC12CC21C2(CC2)C12C1(CC1)C21CC1. The second kappa shape index (κ2) is 1.17. The van der Waals surface area contributed by atoms with Crippen LogP contribution < -0.4 is 0 Å². The van der Waals surface area contributed by atoms with Crippen molar-refractivity contribution in [2.75, 3.05) is 0 Å². The Kier molecular flexibility index (Phi) is 0.519. The van der Waals surface area contributed by atoms with E-state index in [2.05, 4.69) is 0 Å². The van der Waals surface area contributed by atoms with Gasteiger partial charge in [-0.3, -0.25) is 0 Å². The molecule has 0 N–H and O–H groups in total. The first kappa shape index (κ1) is 6.67. The molecule has 0 aromatic heterocycles. The van der Waals surface area contributed by atoms with Gasteiger partial charge in [-0.1, -0.05) is 0 Å². The van der Waals surface area contributed by atoms with Crippen molar-refractivity contribution in [2.24, 2.45) is 32.5 Å². The van der Waals surface area contributed by atoms with E-state index in [0.29, 0.717) is 0 Å². The number of hydrogen-bond acceptors (Lipinski definition) is 0. The molecular weight excluding hydrogens is 180 g/mol. The Labute approximate surface area is 90.8 Å².